The predicted octanol–water partition coefficient (Wildman–Crippen LogP) is 6.13. The van der Waals surface area contributed by atoms with Gasteiger partial charge in [-0.1, -0.05) is 47.5 Å². The Bertz CT molecular complexity index is 637. The number of hydrogen-bond donors (Lipinski definition) is 0. The fourth-order valence-corrected chi connectivity index (χ4v) is 2.86. The molecule has 0 radical (unpaired) electrons. The lowest BCUT2D eigenvalue weighted by atomic mass is 10.1. The van der Waals surface area contributed by atoms with Crippen LogP contribution in [0.4, 0.5) is 0 Å². The summed E-state index contributed by atoms with van der Waals surface area (Å²) >= 11 is 3.48. The Morgan fingerprint density at radius 3 is 2.43 bits per heavy atom. The van der Waals surface area contributed by atoms with Crippen molar-refractivity contribution in [3.8, 4) is 11.5 Å². The Hall–Kier alpha value is -1.22. The summed E-state index contributed by atoms with van der Waals surface area (Å²) in [4.78, 5) is 0. The van der Waals surface area contributed by atoms with E-state index in [1.165, 1.54) is 5.56 Å². The minimum atomic E-state index is 0.207. The molecule has 2 aromatic carbocycles. The van der Waals surface area contributed by atoms with Gasteiger partial charge in [0.2, 0.25) is 0 Å². The third-order valence-corrected chi connectivity index (χ3v) is 4.30. The van der Waals surface area contributed by atoms with E-state index < -0.39 is 0 Å². The van der Waals surface area contributed by atoms with Gasteiger partial charge in [0, 0.05) is 16.1 Å². The molecular weight excluding hydrogens is 352 g/mol. The van der Waals surface area contributed by atoms with Crippen LogP contribution < -0.4 is 9.47 Å². The SMILES string of the molecule is Cc1ccc2c(OCC(C)C)ccc(OC(C)CCCBr)c2c1. The highest BCUT2D eigenvalue weighted by Gasteiger charge is 2.11. The van der Waals surface area contributed by atoms with E-state index in [1.807, 2.05) is 12.1 Å². The maximum absolute atomic E-state index is 6.19. The summed E-state index contributed by atoms with van der Waals surface area (Å²) in [6.07, 6.45) is 2.37. The number of halogens is 1. The molecule has 0 bridgehead atoms. The first-order valence-corrected chi connectivity index (χ1v) is 9.52. The van der Waals surface area contributed by atoms with E-state index in [4.69, 9.17) is 9.47 Å². The Morgan fingerprint density at radius 2 is 1.74 bits per heavy atom. The van der Waals surface area contributed by atoms with E-state index >= 15 is 0 Å². The lowest BCUT2D eigenvalue weighted by molar-refractivity contribution is 0.213. The number of hydrogen-bond acceptors (Lipinski definition) is 2. The number of aryl methyl sites for hydroxylation is 1. The first-order valence-electron chi connectivity index (χ1n) is 8.40. The van der Waals surface area contributed by atoms with Crippen LogP contribution in [0.1, 0.15) is 39.2 Å². The highest BCUT2D eigenvalue weighted by molar-refractivity contribution is 9.09. The summed E-state index contributed by atoms with van der Waals surface area (Å²) in [5.41, 5.74) is 1.23. The van der Waals surface area contributed by atoms with Gasteiger partial charge >= 0.3 is 0 Å². The van der Waals surface area contributed by atoms with E-state index in [1.54, 1.807) is 0 Å². The predicted molar refractivity (Wildman–Crippen MR) is 102 cm³/mol. The van der Waals surface area contributed by atoms with Crippen LogP contribution in [0.5, 0.6) is 11.5 Å². The van der Waals surface area contributed by atoms with Crippen molar-refractivity contribution in [2.45, 2.75) is 46.6 Å². The maximum Gasteiger partial charge on any atom is 0.127 e. The molecule has 0 aliphatic rings. The molecule has 0 heterocycles. The molecule has 0 aliphatic heterocycles. The number of benzene rings is 2. The fraction of sp³-hybridized carbons (Fsp3) is 0.500. The van der Waals surface area contributed by atoms with Gasteiger partial charge in [-0.15, -0.1) is 0 Å². The van der Waals surface area contributed by atoms with Crippen LogP contribution >= 0.6 is 15.9 Å². The zero-order valence-electron chi connectivity index (χ0n) is 14.6. The van der Waals surface area contributed by atoms with Crippen LogP contribution in [-0.4, -0.2) is 18.0 Å². The topological polar surface area (TPSA) is 18.5 Å². The molecule has 3 heteroatoms. The van der Waals surface area contributed by atoms with Crippen LogP contribution in [0.25, 0.3) is 10.8 Å². The smallest absolute Gasteiger partial charge is 0.127 e. The lowest BCUT2D eigenvalue weighted by Crippen LogP contribution is -2.12. The van der Waals surface area contributed by atoms with Gasteiger partial charge in [0.05, 0.1) is 12.7 Å². The molecule has 2 nitrogen and oxygen atoms in total. The number of rotatable bonds is 8. The van der Waals surface area contributed by atoms with Crippen molar-refractivity contribution in [3.63, 3.8) is 0 Å². The second kappa shape index (κ2) is 8.58. The standard InChI is InChI=1S/C20H27BrO2/c1-14(2)13-22-19-9-10-20(23-16(4)6-5-11-21)18-12-15(3)7-8-17(18)19/h7-10,12,14,16H,5-6,11,13H2,1-4H3. The first-order chi connectivity index (χ1) is 11.0. The number of fused-ring (bicyclic) bond motifs is 1. The van der Waals surface area contributed by atoms with Gasteiger partial charge in [0.15, 0.2) is 0 Å². The third-order valence-electron chi connectivity index (χ3n) is 3.74. The monoisotopic (exact) mass is 378 g/mol. The molecule has 0 aliphatic carbocycles. The van der Waals surface area contributed by atoms with Crippen molar-refractivity contribution in [3.05, 3.63) is 35.9 Å². The maximum atomic E-state index is 6.19. The van der Waals surface area contributed by atoms with Crippen LogP contribution in [-0.2, 0) is 0 Å². The van der Waals surface area contributed by atoms with Gasteiger partial charge in [-0.25, -0.2) is 0 Å². The van der Waals surface area contributed by atoms with Gasteiger partial charge < -0.3 is 9.47 Å². The molecule has 0 fully saturated rings. The highest BCUT2D eigenvalue weighted by atomic mass is 79.9. The van der Waals surface area contributed by atoms with Crippen molar-refractivity contribution in [1.29, 1.82) is 0 Å². The molecule has 0 amide bonds. The molecule has 0 saturated heterocycles. The molecular formula is C20H27BrO2. The van der Waals surface area contributed by atoms with Crippen molar-refractivity contribution in [2.24, 2.45) is 5.92 Å². The third kappa shape index (κ3) is 5.13. The molecule has 2 aromatic rings. The van der Waals surface area contributed by atoms with E-state index in [-0.39, 0.29) is 6.10 Å². The Morgan fingerprint density at radius 1 is 1.00 bits per heavy atom. The minimum absolute atomic E-state index is 0.207. The molecule has 1 atom stereocenters. The van der Waals surface area contributed by atoms with Crippen LogP contribution in [0, 0.1) is 12.8 Å². The van der Waals surface area contributed by atoms with Gasteiger partial charge in [0.1, 0.15) is 11.5 Å². The lowest BCUT2D eigenvalue weighted by Gasteiger charge is -2.18. The van der Waals surface area contributed by atoms with E-state index in [9.17, 15) is 0 Å². The summed E-state index contributed by atoms with van der Waals surface area (Å²) in [5.74, 6) is 2.40. The summed E-state index contributed by atoms with van der Waals surface area (Å²) < 4.78 is 12.2. The van der Waals surface area contributed by atoms with Gasteiger partial charge in [-0.2, -0.15) is 0 Å². The van der Waals surface area contributed by atoms with Gasteiger partial charge in [0.25, 0.3) is 0 Å². The van der Waals surface area contributed by atoms with Crippen molar-refractivity contribution >= 4 is 26.7 Å². The average molecular weight is 379 g/mol. The molecule has 1 unspecified atom stereocenters. The second-order valence-corrected chi connectivity index (χ2v) is 7.37. The van der Waals surface area contributed by atoms with Crippen molar-refractivity contribution < 1.29 is 9.47 Å². The zero-order valence-corrected chi connectivity index (χ0v) is 16.2. The summed E-state index contributed by atoms with van der Waals surface area (Å²) in [6, 6.07) is 10.5. The number of alkyl halides is 1. The molecule has 2 rings (SSSR count). The molecule has 0 saturated carbocycles. The van der Waals surface area contributed by atoms with Gasteiger partial charge in [-0.05, 0) is 50.8 Å². The largest absolute Gasteiger partial charge is 0.493 e. The first kappa shape index (κ1) is 18.1. The molecule has 126 valence electrons. The van der Waals surface area contributed by atoms with E-state index in [0.29, 0.717) is 5.92 Å². The quantitative estimate of drug-likeness (QED) is 0.514. The Labute approximate surface area is 148 Å². The Balaban J connectivity index is 2.31. The van der Waals surface area contributed by atoms with Crippen LogP contribution in [0.2, 0.25) is 0 Å². The van der Waals surface area contributed by atoms with Crippen molar-refractivity contribution in [2.75, 3.05) is 11.9 Å². The minimum Gasteiger partial charge on any atom is -0.493 e. The van der Waals surface area contributed by atoms with Crippen molar-refractivity contribution in [1.82, 2.24) is 0 Å². The number of ether oxygens (including phenoxy) is 2. The second-order valence-electron chi connectivity index (χ2n) is 6.58. The van der Waals surface area contributed by atoms with E-state index in [0.717, 1.165) is 47.1 Å². The Kier molecular flexibility index (Phi) is 6.76. The van der Waals surface area contributed by atoms with Crippen LogP contribution in [0.3, 0.4) is 0 Å². The molecule has 0 spiro atoms. The summed E-state index contributed by atoms with van der Waals surface area (Å²) in [5, 5.41) is 3.28. The molecule has 0 N–H and O–H groups in total. The van der Waals surface area contributed by atoms with Crippen LogP contribution in [0.15, 0.2) is 30.3 Å². The normalized spacial score (nSPS) is 12.6. The fourth-order valence-electron chi connectivity index (χ4n) is 2.53. The summed E-state index contributed by atoms with van der Waals surface area (Å²) in [6.45, 7) is 9.29. The molecule has 0 aromatic heterocycles. The summed E-state index contributed by atoms with van der Waals surface area (Å²) in [7, 11) is 0. The van der Waals surface area contributed by atoms with E-state index in [2.05, 4.69) is 61.8 Å². The molecule has 23 heavy (non-hydrogen) atoms. The average Bonchev–Trinajstić information content (AvgIpc) is 2.52. The highest BCUT2D eigenvalue weighted by Crippen LogP contribution is 2.35. The van der Waals surface area contributed by atoms with Gasteiger partial charge in [-0.3, -0.25) is 0 Å². The zero-order chi connectivity index (χ0) is 16.8.